The van der Waals surface area contributed by atoms with E-state index in [4.69, 9.17) is 15.2 Å². The Morgan fingerprint density at radius 3 is 3.17 bits per heavy atom. The molecule has 1 aromatic rings. The van der Waals surface area contributed by atoms with Gasteiger partial charge in [0.1, 0.15) is 5.75 Å². The lowest BCUT2D eigenvalue weighted by Crippen LogP contribution is -2.52. The van der Waals surface area contributed by atoms with E-state index in [9.17, 15) is 4.79 Å². The first-order chi connectivity index (χ1) is 8.76. The largest absolute Gasteiger partial charge is 0.497 e. The highest BCUT2D eigenvalue weighted by atomic mass is 16.5. The summed E-state index contributed by atoms with van der Waals surface area (Å²) >= 11 is 0. The molecule has 2 N–H and O–H groups in total. The van der Waals surface area contributed by atoms with Gasteiger partial charge in [0.25, 0.3) is 5.91 Å². The lowest BCUT2D eigenvalue weighted by atomic mass is 10.1. The third kappa shape index (κ3) is 2.63. The van der Waals surface area contributed by atoms with Gasteiger partial charge in [-0.1, -0.05) is 6.07 Å². The van der Waals surface area contributed by atoms with Crippen molar-refractivity contribution in [1.29, 1.82) is 0 Å². The van der Waals surface area contributed by atoms with Gasteiger partial charge in [-0.2, -0.15) is 0 Å². The summed E-state index contributed by atoms with van der Waals surface area (Å²) in [6.07, 6.45) is 0. The highest BCUT2D eigenvalue weighted by molar-refractivity contribution is 5.94. The maximum absolute atomic E-state index is 12.4. The minimum absolute atomic E-state index is 0.0207. The quantitative estimate of drug-likeness (QED) is 0.848. The van der Waals surface area contributed by atoms with E-state index in [2.05, 4.69) is 0 Å². The Morgan fingerprint density at radius 2 is 2.44 bits per heavy atom. The Balaban J connectivity index is 2.18. The summed E-state index contributed by atoms with van der Waals surface area (Å²) in [4.78, 5) is 14.2. The van der Waals surface area contributed by atoms with Crippen LogP contribution in [-0.4, -0.2) is 50.3 Å². The van der Waals surface area contributed by atoms with Crippen LogP contribution >= 0.6 is 0 Å². The molecule has 1 aromatic carbocycles. The van der Waals surface area contributed by atoms with Crippen LogP contribution in [0.25, 0.3) is 0 Å². The van der Waals surface area contributed by atoms with Gasteiger partial charge in [0.05, 0.1) is 26.4 Å². The molecule has 1 aliphatic rings. The van der Waals surface area contributed by atoms with E-state index in [-0.39, 0.29) is 11.9 Å². The van der Waals surface area contributed by atoms with Crippen molar-refractivity contribution in [1.82, 2.24) is 4.90 Å². The predicted molar refractivity (Wildman–Crippen MR) is 67.7 cm³/mol. The number of nitrogens with zero attached hydrogens (tertiary/aromatic N) is 1. The van der Waals surface area contributed by atoms with Crippen LogP contribution in [0.4, 0.5) is 0 Å². The summed E-state index contributed by atoms with van der Waals surface area (Å²) in [7, 11) is 1.58. The Hall–Kier alpha value is -1.59. The average molecular weight is 250 g/mol. The summed E-state index contributed by atoms with van der Waals surface area (Å²) in [5.41, 5.74) is 6.29. The first kappa shape index (κ1) is 12.9. The number of rotatable bonds is 3. The number of hydrogen-bond acceptors (Lipinski definition) is 4. The molecule has 0 aromatic heterocycles. The molecule has 98 valence electrons. The van der Waals surface area contributed by atoms with Crippen LogP contribution in [0, 0.1) is 0 Å². The zero-order chi connectivity index (χ0) is 13.0. The van der Waals surface area contributed by atoms with E-state index in [1.807, 2.05) is 12.1 Å². The third-order valence-electron chi connectivity index (χ3n) is 3.08. The summed E-state index contributed by atoms with van der Waals surface area (Å²) < 4.78 is 10.5. The van der Waals surface area contributed by atoms with Gasteiger partial charge in [-0.05, 0) is 18.2 Å². The highest BCUT2D eigenvalue weighted by Crippen LogP contribution is 2.16. The molecule has 1 fully saturated rings. The van der Waals surface area contributed by atoms with Gasteiger partial charge in [-0.25, -0.2) is 0 Å². The molecular formula is C13H18N2O3. The number of amides is 1. The van der Waals surface area contributed by atoms with Crippen molar-refractivity contribution in [2.75, 3.05) is 33.4 Å². The molecule has 0 bridgehead atoms. The summed E-state index contributed by atoms with van der Waals surface area (Å²) in [5.74, 6) is 0.658. The molecule has 18 heavy (non-hydrogen) atoms. The molecule has 1 amide bonds. The van der Waals surface area contributed by atoms with Crippen LogP contribution in [0.3, 0.4) is 0 Å². The summed E-state index contributed by atoms with van der Waals surface area (Å²) in [6.45, 7) is 2.06. The van der Waals surface area contributed by atoms with Crippen molar-refractivity contribution in [3.8, 4) is 5.75 Å². The van der Waals surface area contributed by atoms with Crippen LogP contribution < -0.4 is 10.5 Å². The molecule has 5 nitrogen and oxygen atoms in total. The predicted octanol–water partition coefficient (Wildman–Crippen LogP) is 0.495. The van der Waals surface area contributed by atoms with Crippen molar-refractivity contribution in [2.24, 2.45) is 5.73 Å². The molecule has 1 unspecified atom stereocenters. The van der Waals surface area contributed by atoms with Crippen LogP contribution in [-0.2, 0) is 4.74 Å². The number of ether oxygens (including phenoxy) is 2. The van der Waals surface area contributed by atoms with E-state index in [1.165, 1.54) is 0 Å². The van der Waals surface area contributed by atoms with Crippen molar-refractivity contribution in [3.05, 3.63) is 29.8 Å². The molecule has 1 saturated heterocycles. The minimum Gasteiger partial charge on any atom is -0.497 e. The SMILES string of the molecule is COc1cccc(C(=O)N2CCOCC2CN)c1. The third-order valence-corrected chi connectivity index (χ3v) is 3.08. The fourth-order valence-corrected chi connectivity index (χ4v) is 2.04. The van der Waals surface area contributed by atoms with Gasteiger partial charge in [-0.3, -0.25) is 4.79 Å². The second kappa shape index (κ2) is 5.84. The molecule has 0 spiro atoms. The fraction of sp³-hybridized carbons (Fsp3) is 0.462. The number of morpholine rings is 1. The highest BCUT2D eigenvalue weighted by Gasteiger charge is 2.27. The van der Waals surface area contributed by atoms with Crippen molar-refractivity contribution in [2.45, 2.75) is 6.04 Å². The topological polar surface area (TPSA) is 64.8 Å². The van der Waals surface area contributed by atoms with Gasteiger partial charge in [0, 0.05) is 18.7 Å². The fourth-order valence-electron chi connectivity index (χ4n) is 2.04. The number of benzene rings is 1. The average Bonchev–Trinajstić information content (AvgIpc) is 2.46. The second-order valence-corrected chi connectivity index (χ2v) is 4.19. The molecule has 1 heterocycles. The number of hydrogen-bond donors (Lipinski definition) is 1. The molecule has 0 radical (unpaired) electrons. The minimum atomic E-state index is -0.0440. The second-order valence-electron chi connectivity index (χ2n) is 4.19. The van der Waals surface area contributed by atoms with Gasteiger partial charge in [-0.15, -0.1) is 0 Å². The lowest BCUT2D eigenvalue weighted by molar-refractivity contribution is 0.000826. The zero-order valence-electron chi connectivity index (χ0n) is 10.5. The summed E-state index contributed by atoms with van der Waals surface area (Å²) in [5, 5.41) is 0. The van der Waals surface area contributed by atoms with Crippen molar-refractivity contribution >= 4 is 5.91 Å². The Bertz CT molecular complexity index is 422. The van der Waals surface area contributed by atoms with Crippen LogP contribution in [0.5, 0.6) is 5.75 Å². The van der Waals surface area contributed by atoms with Crippen molar-refractivity contribution < 1.29 is 14.3 Å². The van der Waals surface area contributed by atoms with Gasteiger partial charge in [0.15, 0.2) is 0 Å². The zero-order valence-corrected chi connectivity index (χ0v) is 10.5. The van der Waals surface area contributed by atoms with Crippen molar-refractivity contribution in [3.63, 3.8) is 0 Å². The van der Waals surface area contributed by atoms with E-state index < -0.39 is 0 Å². The van der Waals surface area contributed by atoms with E-state index in [1.54, 1.807) is 24.1 Å². The lowest BCUT2D eigenvalue weighted by Gasteiger charge is -2.35. The van der Waals surface area contributed by atoms with Crippen LogP contribution in [0.1, 0.15) is 10.4 Å². The van der Waals surface area contributed by atoms with Gasteiger partial charge < -0.3 is 20.1 Å². The van der Waals surface area contributed by atoms with E-state index in [0.29, 0.717) is 37.6 Å². The van der Waals surface area contributed by atoms with E-state index in [0.717, 1.165) is 0 Å². The molecular weight excluding hydrogens is 232 g/mol. The van der Waals surface area contributed by atoms with E-state index >= 15 is 0 Å². The van der Waals surface area contributed by atoms with Gasteiger partial charge >= 0.3 is 0 Å². The summed E-state index contributed by atoms with van der Waals surface area (Å²) in [6, 6.07) is 7.11. The maximum Gasteiger partial charge on any atom is 0.254 e. The Kier molecular flexibility index (Phi) is 4.17. The number of carbonyl (C=O) groups excluding carboxylic acids is 1. The first-order valence-corrected chi connectivity index (χ1v) is 5.99. The first-order valence-electron chi connectivity index (χ1n) is 5.99. The molecule has 0 saturated carbocycles. The van der Waals surface area contributed by atoms with Crippen LogP contribution in [0.2, 0.25) is 0 Å². The maximum atomic E-state index is 12.4. The number of nitrogens with two attached hydrogens (primary N) is 1. The Labute approximate surface area is 106 Å². The normalized spacial score (nSPS) is 19.7. The molecule has 0 aliphatic carbocycles. The van der Waals surface area contributed by atoms with Crippen LogP contribution in [0.15, 0.2) is 24.3 Å². The van der Waals surface area contributed by atoms with Gasteiger partial charge in [0.2, 0.25) is 0 Å². The number of carbonyl (C=O) groups is 1. The molecule has 1 aliphatic heterocycles. The molecule has 1 atom stereocenters. The number of methoxy groups -OCH3 is 1. The molecule has 5 heteroatoms. The Morgan fingerprint density at radius 1 is 1.61 bits per heavy atom. The smallest absolute Gasteiger partial charge is 0.254 e. The standard InChI is InChI=1S/C13H18N2O3/c1-17-12-4-2-3-10(7-12)13(16)15-5-6-18-9-11(15)8-14/h2-4,7,11H,5-6,8-9,14H2,1H3. The molecule has 2 rings (SSSR count). The monoisotopic (exact) mass is 250 g/mol.